The molecule has 0 saturated carbocycles. The number of rotatable bonds is 3. The molecule has 1 aromatic rings. The Morgan fingerprint density at radius 3 is 3.20 bits per heavy atom. The lowest BCUT2D eigenvalue weighted by Gasteiger charge is -2.05. The first-order chi connectivity index (χ1) is 7.25. The fraction of sp³-hybridized carbons (Fsp3) is 0.600. The lowest BCUT2D eigenvalue weighted by molar-refractivity contribution is 0.742. The zero-order valence-electron chi connectivity index (χ0n) is 8.93. The van der Waals surface area contributed by atoms with Crippen molar-refractivity contribution in [3.63, 3.8) is 0 Å². The first-order valence-corrected chi connectivity index (χ1v) is 6.95. The van der Waals surface area contributed by atoms with Gasteiger partial charge in [-0.15, -0.1) is 11.3 Å². The van der Waals surface area contributed by atoms with Crippen LogP contribution in [0.5, 0.6) is 0 Å². The number of nitrogens with one attached hydrogen (secondary N) is 1. The summed E-state index contributed by atoms with van der Waals surface area (Å²) in [6.45, 7) is 5.18. The van der Waals surface area contributed by atoms with Gasteiger partial charge in [-0.05, 0) is 6.92 Å². The summed E-state index contributed by atoms with van der Waals surface area (Å²) < 4.78 is 0. The molecule has 1 aliphatic rings. The summed E-state index contributed by atoms with van der Waals surface area (Å²) in [7, 11) is 0. The fourth-order valence-electron chi connectivity index (χ4n) is 1.37. The third-order valence-electron chi connectivity index (χ3n) is 2.22. The number of hydrogen-bond donors (Lipinski definition) is 1. The molecule has 1 aliphatic heterocycles. The number of thiazole rings is 1. The van der Waals surface area contributed by atoms with Crippen molar-refractivity contribution in [3.05, 3.63) is 16.6 Å². The van der Waals surface area contributed by atoms with E-state index in [9.17, 15) is 0 Å². The maximum atomic E-state index is 4.56. The van der Waals surface area contributed by atoms with E-state index < -0.39 is 0 Å². The second-order valence-corrected chi connectivity index (χ2v) is 5.71. The van der Waals surface area contributed by atoms with Crippen LogP contribution in [0.25, 0.3) is 0 Å². The predicted molar refractivity (Wildman–Crippen MR) is 67.9 cm³/mol. The molecule has 0 aliphatic carbocycles. The minimum absolute atomic E-state index is 0.427. The van der Waals surface area contributed by atoms with Crippen molar-refractivity contribution in [2.75, 3.05) is 12.3 Å². The normalized spacial score (nSPS) is 25.5. The molecule has 1 aromatic heterocycles. The Kier molecular flexibility index (Phi) is 3.64. The van der Waals surface area contributed by atoms with E-state index in [-0.39, 0.29) is 0 Å². The van der Waals surface area contributed by atoms with Crippen molar-refractivity contribution in [3.8, 4) is 0 Å². The van der Waals surface area contributed by atoms with Gasteiger partial charge in [0.1, 0.15) is 0 Å². The van der Waals surface area contributed by atoms with Gasteiger partial charge in [-0.2, -0.15) is 0 Å². The van der Waals surface area contributed by atoms with Crippen molar-refractivity contribution < 1.29 is 0 Å². The Bertz CT molecular complexity index is 334. The third kappa shape index (κ3) is 2.95. The van der Waals surface area contributed by atoms with Crippen molar-refractivity contribution in [1.29, 1.82) is 0 Å². The van der Waals surface area contributed by atoms with Gasteiger partial charge in [0.25, 0.3) is 0 Å². The third-order valence-corrected chi connectivity index (χ3v) is 4.42. The maximum Gasteiger partial charge on any atom is 0.156 e. The summed E-state index contributed by atoms with van der Waals surface area (Å²) in [5, 5.41) is 7.63. The summed E-state index contributed by atoms with van der Waals surface area (Å²) in [5.74, 6) is 1.56. The molecule has 0 bridgehead atoms. The van der Waals surface area contributed by atoms with Gasteiger partial charge < -0.3 is 5.32 Å². The van der Waals surface area contributed by atoms with Crippen molar-refractivity contribution in [2.24, 2.45) is 4.99 Å². The molecule has 2 atom stereocenters. The molecular formula is C10H15N3S2. The van der Waals surface area contributed by atoms with E-state index in [1.165, 1.54) is 5.01 Å². The average Bonchev–Trinajstić information content (AvgIpc) is 2.84. The van der Waals surface area contributed by atoms with Crippen LogP contribution >= 0.6 is 23.1 Å². The van der Waals surface area contributed by atoms with Gasteiger partial charge >= 0.3 is 0 Å². The molecule has 15 heavy (non-hydrogen) atoms. The van der Waals surface area contributed by atoms with E-state index in [0.717, 1.165) is 17.5 Å². The van der Waals surface area contributed by atoms with E-state index >= 15 is 0 Å². The molecular weight excluding hydrogens is 226 g/mol. The van der Waals surface area contributed by atoms with E-state index in [2.05, 4.69) is 29.1 Å². The molecule has 2 rings (SSSR count). The number of aliphatic imine (C=N–C) groups is 1. The lowest BCUT2D eigenvalue weighted by Crippen LogP contribution is -2.23. The summed E-state index contributed by atoms with van der Waals surface area (Å²) in [4.78, 5) is 8.86. The SMILES string of the molecule is CC1CSC(=NCC(C)c2nccs2)N1. The molecule has 5 heteroatoms. The predicted octanol–water partition coefficient (Wildman–Crippen LogP) is 2.33. The maximum absolute atomic E-state index is 4.56. The Labute approximate surface area is 98.4 Å². The molecule has 0 radical (unpaired) electrons. The van der Waals surface area contributed by atoms with Gasteiger partial charge in [0, 0.05) is 29.3 Å². The summed E-state index contributed by atoms with van der Waals surface area (Å²) in [6.07, 6.45) is 1.86. The van der Waals surface area contributed by atoms with Crippen LogP contribution in [-0.2, 0) is 0 Å². The molecule has 2 heterocycles. The van der Waals surface area contributed by atoms with E-state index in [4.69, 9.17) is 0 Å². The molecule has 3 nitrogen and oxygen atoms in total. The van der Waals surface area contributed by atoms with Crippen molar-refractivity contribution in [2.45, 2.75) is 25.8 Å². The first-order valence-electron chi connectivity index (χ1n) is 5.09. The molecule has 0 spiro atoms. The second kappa shape index (κ2) is 4.99. The van der Waals surface area contributed by atoms with Crippen LogP contribution < -0.4 is 5.32 Å². The number of hydrogen-bond acceptors (Lipinski definition) is 4. The summed E-state index contributed by atoms with van der Waals surface area (Å²) >= 11 is 3.52. The van der Waals surface area contributed by atoms with Crippen LogP contribution in [0.15, 0.2) is 16.6 Å². The highest BCUT2D eigenvalue weighted by molar-refractivity contribution is 8.14. The highest BCUT2D eigenvalue weighted by atomic mass is 32.2. The molecule has 1 N–H and O–H groups in total. The molecule has 2 unspecified atom stereocenters. The van der Waals surface area contributed by atoms with Gasteiger partial charge in [0.2, 0.25) is 0 Å². The minimum Gasteiger partial charge on any atom is -0.362 e. The highest BCUT2D eigenvalue weighted by Crippen LogP contribution is 2.19. The largest absolute Gasteiger partial charge is 0.362 e. The fourth-order valence-corrected chi connectivity index (χ4v) is 3.00. The Hall–Kier alpha value is -0.550. The van der Waals surface area contributed by atoms with Crippen LogP contribution in [0, 0.1) is 0 Å². The lowest BCUT2D eigenvalue weighted by atomic mass is 10.2. The Balaban J connectivity index is 1.88. The molecule has 0 amide bonds. The number of amidine groups is 1. The zero-order valence-corrected chi connectivity index (χ0v) is 10.6. The van der Waals surface area contributed by atoms with Crippen LogP contribution in [0.3, 0.4) is 0 Å². The van der Waals surface area contributed by atoms with Gasteiger partial charge in [0.05, 0.1) is 11.6 Å². The van der Waals surface area contributed by atoms with Crippen LogP contribution in [0.1, 0.15) is 24.8 Å². The minimum atomic E-state index is 0.427. The standard InChI is InChI=1S/C10H15N3S2/c1-7(9-11-3-4-14-9)5-12-10-13-8(2)6-15-10/h3-4,7-8H,5-6H2,1-2H3,(H,12,13). The van der Waals surface area contributed by atoms with Crippen LogP contribution in [0.2, 0.25) is 0 Å². The smallest absolute Gasteiger partial charge is 0.156 e. The number of nitrogens with zero attached hydrogens (tertiary/aromatic N) is 2. The van der Waals surface area contributed by atoms with Gasteiger partial charge in [-0.25, -0.2) is 4.98 Å². The molecule has 0 aromatic carbocycles. The van der Waals surface area contributed by atoms with Gasteiger partial charge in [-0.1, -0.05) is 18.7 Å². The molecule has 1 saturated heterocycles. The van der Waals surface area contributed by atoms with Crippen LogP contribution in [-0.4, -0.2) is 28.5 Å². The quantitative estimate of drug-likeness (QED) is 0.882. The van der Waals surface area contributed by atoms with E-state index in [0.29, 0.717) is 12.0 Å². The van der Waals surface area contributed by atoms with E-state index in [1.54, 1.807) is 11.3 Å². The monoisotopic (exact) mass is 241 g/mol. The molecule has 82 valence electrons. The number of thioether (sulfide) groups is 1. The van der Waals surface area contributed by atoms with Crippen molar-refractivity contribution >= 4 is 28.3 Å². The number of aromatic nitrogens is 1. The Morgan fingerprint density at radius 2 is 2.60 bits per heavy atom. The summed E-state index contributed by atoms with van der Waals surface area (Å²) in [6, 6.07) is 0.559. The average molecular weight is 241 g/mol. The van der Waals surface area contributed by atoms with Crippen LogP contribution in [0.4, 0.5) is 0 Å². The van der Waals surface area contributed by atoms with E-state index in [1.807, 2.05) is 23.3 Å². The van der Waals surface area contributed by atoms with Crippen molar-refractivity contribution in [1.82, 2.24) is 10.3 Å². The highest BCUT2D eigenvalue weighted by Gasteiger charge is 2.16. The first kappa shape index (κ1) is 11.0. The Morgan fingerprint density at radius 1 is 1.73 bits per heavy atom. The zero-order chi connectivity index (χ0) is 10.7. The second-order valence-electron chi connectivity index (χ2n) is 3.77. The van der Waals surface area contributed by atoms with Gasteiger partial charge in [-0.3, -0.25) is 4.99 Å². The molecule has 1 fully saturated rings. The summed E-state index contributed by atoms with van der Waals surface area (Å²) in [5.41, 5.74) is 0. The van der Waals surface area contributed by atoms with Gasteiger partial charge in [0.15, 0.2) is 5.17 Å². The topological polar surface area (TPSA) is 37.3 Å².